The van der Waals surface area contributed by atoms with Gasteiger partial charge in [0.1, 0.15) is 11.3 Å². The van der Waals surface area contributed by atoms with Crippen molar-refractivity contribution in [3.63, 3.8) is 0 Å². The topological polar surface area (TPSA) is 101 Å². The second kappa shape index (κ2) is 6.72. The Morgan fingerprint density at radius 1 is 1.04 bits per heavy atom. The average Bonchev–Trinajstić information content (AvgIpc) is 2.63. The van der Waals surface area contributed by atoms with Crippen LogP contribution in [0.4, 0.5) is 0 Å². The van der Waals surface area contributed by atoms with Gasteiger partial charge in [-0.05, 0) is 43.3 Å². The number of aryl methyl sites for hydroxylation is 1. The molecule has 2 N–H and O–H groups in total. The lowest BCUT2D eigenvalue weighted by molar-refractivity contribution is 0.103. The molecule has 0 aliphatic heterocycles. The number of hydrogen-bond donors (Lipinski definition) is 2. The molecule has 26 heavy (non-hydrogen) atoms. The van der Waals surface area contributed by atoms with Crippen molar-refractivity contribution >= 4 is 5.78 Å². The maximum absolute atomic E-state index is 12.7. The molecular formula is C19H16N2O5. The quantitative estimate of drug-likeness (QED) is 0.697. The highest BCUT2D eigenvalue weighted by molar-refractivity contribution is 6.10. The highest BCUT2D eigenvalue weighted by Gasteiger charge is 2.23. The van der Waals surface area contributed by atoms with Crippen LogP contribution in [0, 0.1) is 6.92 Å². The Morgan fingerprint density at radius 2 is 1.65 bits per heavy atom. The molecule has 7 heteroatoms. The first kappa shape index (κ1) is 17.2. The molecule has 0 atom stereocenters. The van der Waals surface area contributed by atoms with Gasteiger partial charge in [-0.1, -0.05) is 17.7 Å². The number of carbonyl (C=O) groups excluding carboxylic acids is 1. The molecule has 0 fully saturated rings. The van der Waals surface area contributed by atoms with Gasteiger partial charge in [-0.15, -0.1) is 0 Å². The normalized spacial score (nSPS) is 10.5. The fourth-order valence-electron chi connectivity index (χ4n) is 2.55. The molecule has 0 amide bonds. The van der Waals surface area contributed by atoms with Gasteiger partial charge in [0.05, 0.1) is 12.8 Å². The lowest BCUT2D eigenvalue weighted by Crippen LogP contribution is -2.33. The molecule has 0 saturated carbocycles. The summed E-state index contributed by atoms with van der Waals surface area (Å²) in [6.07, 6.45) is 0. The Morgan fingerprint density at radius 3 is 2.23 bits per heavy atom. The van der Waals surface area contributed by atoms with Gasteiger partial charge < -0.3 is 9.84 Å². The fraction of sp³-hybridized carbons (Fsp3) is 0.105. The van der Waals surface area contributed by atoms with E-state index in [1.807, 2.05) is 6.92 Å². The van der Waals surface area contributed by atoms with E-state index < -0.39 is 28.5 Å². The molecule has 0 saturated heterocycles. The van der Waals surface area contributed by atoms with Gasteiger partial charge in [0, 0.05) is 5.56 Å². The number of nitrogens with one attached hydrogen (secondary N) is 1. The van der Waals surface area contributed by atoms with E-state index in [0.29, 0.717) is 11.4 Å². The second-order valence-electron chi connectivity index (χ2n) is 5.69. The third kappa shape index (κ3) is 3.02. The molecule has 0 spiro atoms. The van der Waals surface area contributed by atoms with Crippen LogP contribution in [-0.4, -0.2) is 27.6 Å². The Labute approximate surface area is 148 Å². The highest BCUT2D eigenvalue weighted by Crippen LogP contribution is 2.21. The summed E-state index contributed by atoms with van der Waals surface area (Å²) in [5.74, 6) is -0.861. The zero-order chi connectivity index (χ0) is 18.8. The molecule has 0 aliphatic carbocycles. The van der Waals surface area contributed by atoms with Gasteiger partial charge in [0.2, 0.25) is 11.7 Å². The van der Waals surface area contributed by atoms with Crippen LogP contribution < -0.4 is 16.0 Å². The monoisotopic (exact) mass is 352 g/mol. The van der Waals surface area contributed by atoms with Crippen LogP contribution in [0.25, 0.3) is 5.69 Å². The minimum absolute atomic E-state index is 0.181. The number of benzene rings is 2. The summed E-state index contributed by atoms with van der Waals surface area (Å²) in [6.45, 7) is 1.87. The molecule has 1 aromatic heterocycles. The maximum Gasteiger partial charge on any atom is 0.335 e. The van der Waals surface area contributed by atoms with Crippen molar-refractivity contribution in [2.75, 3.05) is 7.11 Å². The number of aromatic amines is 1. The van der Waals surface area contributed by atoms with Crippen LogP contribution in [0.3, 0.4) is 0 Å². The number of carbonyl (C=O) groups is 1. The van der Waals surface area contributed by atoms with Crippen LogP contribution in [0.5, 0.6) is 11.6 Å². The molecule has 2 aromatic carbocycles. The molecule has 0 bridgehead atoms. The van der Waals surface area contributed by atoms with Crippen molar-refractivity contribution in [2.45, 2.75) is 6.92 Å². The lowest BCUT2D eigenvalue weighted by Gasteiger charge is -2.11. The first-order valence-corrected chi connectivity index (χ1v) is 7.76. The Hall–Kier alpha value is -3.61. The van der Waals surface area contributed by atoms with Crippen LogP contribution in [0.1, 0.15) is 21.5 Å². The molecule has 7 nitrogen and oxygen atoms in total. The van der Waals surface area contributed by atoms with Crippen molar-refractivity contribution in [3.05, 3.63) is 86.1 Å². The molecule has 3 rings (SSSR count). The predicted molar refractivity (Wildman–Crippen MR) is 95.5 cm³/mol. The number of methoxy groups -OCH3 is 1. The number of rotatable bonds is 4. The van der Waals surface area contributed by atoms with Crippen molar-refractivity contribution in [1.29, 1.82) is 0 Å². The van der Waals surface area contributed by atoms with Crippen LogP contribution in [0.2, 0.25) is 0 Å². The first-order valence-electron chi connectivity index (χ1n) is 7.76. The van der Waals surface area contributed by atoms with E-state index in [9.17, 15) is 19.5 Å². The summed E-state index contributed by atoms with van der Waals surface area (Å²) in [5.41, 5.74) is -0.811. The molecule has 0 unspecified atom stereocenters. The minimum Gasteiger partial charge on any atom is -0.497 e. The van der Waals surface area contributed by atoms with Crippen molar-refractivity contribution in [3.8, 4) is 17.3 Å². The van der Waals surface area contributed by atoms with Gasteiger partial charge in [-0.25, -0.2) is 9.36 Å². The van der Waals surface area contributed by atoms with E-state index in [4.69, 9.17) is 4.74 Å². The minimum atomic E-state index is -0.948. The Kier molecular flexibility index (Phi) is 4.45. The van der Waals surface area contributed by atoms with Gasteiger partial charge in [0.15, 0.2) is 0 Å². The number of ketones is 1. The smallest absolute Gasteiger partial charge is 0.335 e. The molecule has 1 heterocycles. The summed E-state index contributed by atoms with van der Waals surface area (Å²) in [5, 5.41) is 10.5. The van der Waals surface area contributed by atoms with E-state index in [2.05, 4.69) is 4.98 Å². The maximum atomic E-state index is 12.7. The highest BCUT2D eigenvalue weighted by atomic mass is 16.5. The fourth-order valence-corrected chi connectivity index (χ4v) is 2.55. The predicted octanol–water partition coefficient (Wildman–Crippen LogP) is 1.78. The second-order valence-corrected chi connectivity index (χ2v) is 5.69. The van der Waals surface area contributed by atoms with Crippen LogP contribution in [-0.2, 0) is 0 Å². The molecule has 3 aromatic rings. The Bertz CT molecular complexity index is 1080. The van der Waals surface area contributed by atoms with Crippen LogP contribution in [0.15, 0.2) is 58.1 Å². The standard InChI is InChI=1S/C19H16N2O5/c1-11-3-7-13(8-4-11)21-18(24)15(17(23)20-19(21)25)16(22)12-5-9-14(26-2)10-6-12/h3-10,24H,1-2H3,(H,20,23,25). The van der Waals surface area contributed by atoms with E-state index >= 15 is 0 Å². The summed E-state index contributed by atoms with van der Waals surface area (Å²) in [7, 11) is 1.49. The molecule has 132 valence electrons. The summed E-state index contributed by atoms with van der Waals surface area (Å²) < 4.78 is 5.92. The molecule has 0 radical (unpaired) electrons. The third-order valence-electron chi connectivity index (χ3n) is 3.96. The number of nitrogens with zero attached hydrogens (tertiary/aromatic N) is 1. The van der Waals surface area contributed by atoms with Gasteiger partial charge in [0.25, 0.3) is 5.56 Å². The number of ether oxygens (including phenoxy) is 1. The summed E-state index contributed by atoms with van der Waals surface area (Å²) in [6, 6.07) is 12.8. The van der Waals surface area contributed by atoms with Crippen LogP contribution >= 0.6 is 0 Å². The summed E-state index contributed by atoms with van der Waals surface area (Å²) >= 11 is 0. The number of H-pyrrole nitrogens is 1. The third-order valence-corrected chi connectivity index (χ3v) is 3.96. The number of aromatic hydroxyl groups is 1. The average molecular weight is 352 g/mol. The van der Waals surface area contributed by atoms with E-state index in [0.717, 1.165) is 10.1 Å². The van der Waals surface area contributed by atoms with Gasteiger partial charge in [-0.3, -0.25) is 14.6 Å². The first-order chi connectivity index (χ1) is 12.4. The SMILES string of the molecule is COc1ccc(C(=O)c2c(O)n(-c3ccc(C)cc3)c(=O)[nH]c2=O)cc1. The molecular weight excluding hydrogens is 336 g/mol. The number of hydrogen-bond acceptors (Lipinski definition) is 5. The zero-order valence-electron chi connectivity index (χ0n) is 14.1. The zero-order valence-corrected chi connectivity index (χ0v) is 14.1. The van der Waals surface area contributed by atoms with E-state index in [1.54, 1.807) is 36.4 Å². The van der Waals surface area contributed by atoms with Crippen molar-refractivity contribution in [1.82, 2.24) is 9.55 Å². The number of aromatic nitrogens is 2. The van der Waals surface area contributed by atoms with Crippen molar-refractivity contribution in [2.24, 2.45) is 0 Å². The van der Waals surface area contributed by atoms with Crippen molar-refractivity contribution < 1.29 is 14.6 Å². The lowest BCUT2D eigenvalue weighted by atomic mass is 10.1. The van der Waals surface area contributed by atoms with Gasteiger partial charge in [-0.2, -0.15) is 0 Å². The Balaban J connectivity index is 2.17. The van der Waals surface area contributed by atoms with E-state index in [-0.39, 0.29) is 5.56 Å². The van der Waals surface area contributed by atoms with Gasteiger partial charge >= 0.3 is 5.69 Å². The largest absolute Gasteiger partial charge is 0.497 e. The van der Waals surface area contributed by atoms with E-state index in [1.165, 1.54) is 19.2 Å². The summed E-state index contributed by atoms with van der Waals surface area (Å²) in [4.78, 5) is 39.1. The molecule has 0 aliphatic rings.